The van der Waals surface area contributed by atoms with Crippen molar-refractivity contribution in [2.24, 2.45) is 0 Å². The van der Waals surface area contributed by atoms with Crippen LogP contribution in [0.15, 0.2) is 12.2 Å². The van der Waals surface area contributed by atoms with Crippen LogP contribution < -0.4 is 0 Å². The number of fused-ring (bicyclic) bond motifs is 1. The first-order chi connectivity index (χ1) is 10.1. The second-order valence-corrected chi connectivity index (χ2v) is 5.46. The van der Waals surface area contributed by atoms with Crippen LogP contribution in [0.5, 0.6) is 0 Å². The Bertz CT molecular complexity index is 444. The molecule has 0 bridgehead atoms. The van der Waals surface area contributed by atoms with Crippen molar-refractivity contribution >= 4 is 5.97 Å². The largest absolute Gasteiger partial charge is 0.466 e. The second kappa shape index (κ2) is 7.03. The van der Waals surface area contributed by atoms with Crippen molar-refractivity contribution in [3.8, 4) is 0 Å². The van der Waals surface area contributed by atoms with E-state index in [4.69, 9.17) is 16.0 Å². The molecule has 0 spiro atoms. The number of nitrogens with zero attached hydrogens (tertiary/aromatic N) is 1. The molecule has 6 nitrogen and oxygen atoms in total. The molecule has 6 heteroatoms. The molecule has 2 fully saturated rings. The summed E-state index contributed by atoms with van der Waals surface area (Å²) in [6, 6.07) is 0. The Morgan fingerprint density at radius 1 is 1.57 bits per heavy atom. The average molecular weight is 295 g/mol. The van der Waals surface area contributed by atoms with E-state index in [2.05, 4.69) is 9.58 Å². The summed E-state index contributed by atoms with van der Waals surface area (Å²) in [4.78, 5) is 14.5. The Labute approximate surface area is 124 Å². The Morgan fingerprint density at radius 3 is 3.05 bits per heavy atom. The molecule has 4 atom stereocenters. The fourth-order valence-corrected chi connectivity index (χ4v) is 3.02. The third-order valence-electron chi connectivity index (χ3n) is 4.10. The van der Waals surface area contributed by atoms with Gasteiger partial charge in [0.25, 0.3) is 0 Å². The summed E-state index contributed by atoms with van der Waals surface area (Å²) in [7, 11) is 1.32. The number of hydrogen-bond acceptors (Lipinski definition) is 5. The molecule has 0 radical (unpaired) electrons. The quantitative estimate of drug-likeness (QED) is 0.467. The molecule has 2 aliphatic rings. The summed E-state index contributed by atoms with van der Waals surface area (Å²) in [5, 5.41) is 9.76. The summed E-state index contributed by atoms with van der Waals surface area (Å²) < 4.78 is 16.5. The highest BCUT2D eigenvalue weighted by Gasteiger charge is 2.52. The minimum atomic E-state index is -0.712. The predicted octanol–water partition coefficient (Wildman–Crippen LogP) is 1.09. The molecule has 0 unspecified atom stereocenters. The number of methoxy groups -OCH3 is 1. The zero-order valence-corrected chi connectivity index (χ0v) is 12.2. The van der Waals surface area contributed by atoms with Crippen LogP contribution in [-0.2, 0) is 19.0 Å². The van der Waals surface area contributed by atoms with Gasteiger partial charge in [0.15, 0.2) is 0 Å². The van der Waals surface area contributed by atoms with Gasteiger partial charge in [-0.1, -0.05) is 0 Å². The summed E-state index contributed by atoms with van der Waals surface area (Å²) in [6.07, 6.45) is 5.37. The van der Waals surface area contributed by atoms with Gasteiger partial charge in [0.1, 0.15) is 5.60 Å². The zero-order chi connectivity index (χ0) is 15.3. The van der Waals surface area contributed by atoms with Crippen LogP contribution >= 0.6 is 0 Å². The van der Waals surface area contributed by atoms with E-state index in [1.807, 2.05) is 0 Å². The van der Waals surface area contributed by atoms with E-state index >= 15 is 0 Å². The van der Waals surface area contributed by atoms with Gasteiger partial charge < -0.3 is 24.2 Å². The summed E-state index contributed by atoms with van der Waals surface area (Å²) in [5.41, 5.74) is -0.712. The van der Waals surface area contributed by atoms with Gasteiger partial charge in [-0.15, -0.1) is 0 Å². The van der Waals surface area contributed by atoms with Crippen molar-refractivity contribution in [2.45, 2.75) is 49.6 Å². The van der Waals surface area contributed by atoms with Crippen molar-refractivity contribution in [2.75, 3.05) is 20.3 Å². The molecule has 2 heterocycles. The lowest BCUT2D eigenvalue weighted by Gasteiger charge is -2.40. The Balaban J connectivity index is 2.00. The van der Waals surface area contributed by atoms with E-state index in [0.29, 0.717) is 19.4 Å². The maximum atomic E-state index is 11.1. The minimum absolute atomic E-state index is 0.00515. The standard InChI is InChI=1S/C15H21NO5/c1-16-8-7-11-3-5-13-15(10-17,21-11)9-12(20-13)4-6-14(18)19-2/h4,6,11-13,17H,3,5,7-10H2,2H3/b6-4+/t11-,12+,13+,15-/m1/s1. The highest BCUT2D eigenvalue weighted by molar-refractivity contribution is 5.81. The van der Waals surface area contributed by atoms with E-state index < -0.39 is 11.6 Å². The molecule has 1 N–H and O–H groups in total. The van der Waals surface area contributed by atoms with Crippen molar-refractivity contribution in [1.82, 2.24) is 0 Å². The van der Waals surface area contributed by atoms with Crippen LogP contribution in [0, 0.1) is 6.57 Å². The molecule has 0 aromatic carbocycles. The van der Waals surface area contributed by atoms with Crippen molar-refractivity contribution in [1.29, 1.82) is 0 Å². The monoisotopic (exact) mass is 295 g/mol. The number of aliphatic hydroxyl groups excluding tert-OH is 1. The third kappa shape index (κ3) is 3.62. The van der Waals surface area contributed by atoms with Gasteiger partial charge in [-0.3, -0.25) is 0 Å². The summed E-state index contributed by atoms with van der Waals surface area (Å²) >= 11 is 0. The number of hydrogen-bond donors (Lipinski definition) is 1. The molecule has 0 aromatic rings. The first-order valence-corrected chi connectivity index (χ1v) is 7.17. The second-order valence-electron chi connectivity index (χ2n) is 5.46. The molecule has 0 amide bonds. The van der Waals surface area contributed by atoms with E-state index in [9.17, 15) is 9.90 Å². The Hall–Kier alpha value is -1.42. The van der Waals surface area contributed by atoms with Crippen LogP contribution in [0.3, 0.4) is 0 Å². The van der Waals surface area contributed by atoms with Crippen molar-refractivity contribution in [3.63, 3.8) is 0 Å². The number of carbonyl (C=O) groups excluding carboxylic acids is 1. The van der Waals surface area contributed by atoms with Gasteiger partial charge in [0.05, 0.1) is 32.0 Å². The first kappa shape index (κ1) is 16.0. The van der Waals surface area contributed by atoms with Crippen LogP contribution in [0.4, 0.5) is 0 Å². The van der Waals surface area contributed by atoms with Crippen LogP contribution in [0.2, 0.25) is 0 Å². The maximum absolute atomic E-state index is 11.1. The Morgan fingerprint density at radius 2 is 2.38 bits per heavy atom. The van der Waals surface area contributed by atoms with Gasteiger partial charge in [-0.2, -0.15) is 0 Å². The van der Waals surface area contributed by atoms with Crippen molar-refractivity contribution < 1.29 is 24.1 Å². The highest BCUT2D eigenvalue weighted by Crippen LogP contribution is 2.42. The Kier molecular flexibility index (Phi) is 5.34. The average Bonchev–Trinajstić information content (AvgIpc) is 2.88. The third-order valence-corrected chi connectivity index (χ3v) is 4.10. The molecule has 0 aromatic heterocycles. The topological polar surface area (TPSA) is 69.4 Å². The minimum Gasteiger partial charge on any atom is -0.466 e. The van der Waals surface area contributed by atoms with Gasteiger partial charge in [-0.05, 0) is 18.9 Å². The lowest BCUT2D eigenvalue weighted by atomic mass is 9.86. The lowest BCUT2D eigenvalue weighted by Crippen LogP contribution is -2.51. The van der Waals surface area contributed by atoms with E-state index in [-0.39, 0.29) is 24.9 Å². The molecular formula is C15H21NO5. The highest BCUT2D eigenvalue weighted by atomic mass is 16.6. The molecule has 116 valence electrons. The molecule has 21 heavy (non-hydrogen) atoms. The van der Waals surface area contributed by atoms with E-state index in [1.54, 1.807) is 6.08 Å². The predicted molar refractivity (Wildman–Crippen MR) is 74.4 cm³/mol. The molecular weight excluding hydrogens is 274 g/mol. The SMILES string of the molecule is [C-]#[N+]CC[C@H]1CC[C@@H]2O[C@@H](/C=C/C(=O)OC)C[C@]2(CO)O1. The van der Waals surface area contributed by atoms with Gasteiger partial charge in [-0.25, -0.2) is 11.4 Å². The van der Waals surface area contributed by atoms with Crippen LogP contribution in [0.1, 0.15) is 25.7 Å². The zero-order valence-electron chi connectivity index (χ0n) is 12.2. The normalized spacial score (nSPS) is 35.4. The lowest BCUT2D eigenvalue weighted by molar-refractivity contribution is -0.182. The number of esters is 1. The first-order valence-electron chi connectivity index (χ1n) is 7.17. The number of rotatable bonds is 5. The molecule has 2 rings (SSSR count). The smallest absolute Gasteiger partial charge is 0.330 e. The van der Waals surface area contributed by atoms with E-state index in [1.165, 1.54) is 13.2 Å². The molecule has 2 aliphatic heterocycles. The summed E-state index contributed by atoms with van der Waals surface area (Å²) in [6.45, 7) is 7.17. The number of aliphatic hydroxyl groups is 1. The fraction of sp³-hybridized carbons (Fsp3) is 0.733. The van der Waals surface area contributed by atoms with Gasteiger partial charge >= 0.3 is 5.97 Å². The fourth-order valence-electron chi connectivity index (χ4n) is 3.02. The van der Waals surface area contributed by atoms with Crippen molar-refractivity contribution in [3.05, 3.63) is 23.6 Å². The maximum Gasteiger partial charge on any atom is 0.330 e. The van der Waals surface area contributed by atoms with E-state index in [0.717, 1.165) is 12.8 Å². The van der Waals surface area contributed by atoms with Gasteiger partial charge in [0, 0.05) is 18.9 Å². The van der Waals surface area contributed by atoms with Crippen LogP contribution in [0.25, 0.3) is 4.85 Å². The van der Waals surface area contributed by atoms with Gasteiger partial charge in [0.2, 0.25) is 6.54 Å². The number of ether oxygens (including phenoxy) is 3. The van der Waals surface area contributed by atoms with Crippen LogP contribution in [-0.4, -0.2) is 55.3 Å². The molecule has 0 aliphatic carbocycles. The molecule has 0 saturated carbocycles. The molecule has 2 saturated heterocycles. The summed E-state index contributed by atoms with van der Waals surface area (Å²) in [5.74, 6) is -0.428. The number of carbonyl (C=O) groups is 1.